The van der Waals surface area contributed by atoms with Gasteiger partial charge in [-0.3, -0.25) is 0 Å². The Hall–Kier alpha value is -0.380. The number of rotatable bonds is 4. The van der Waals surface area contributed by atoms with Gasteiger partial charge in [0.1, 0.15) is 0 Å². The lowest BCUT2D eigenvalue weighted by molar-refractivity contribution is -0.0627. The normalized spacial score (nSPS) is 24.5. The third kappa shape index (κ3) is 3.58. The van der Waals surface area contributed by atoms with Crippen LogP contribution in [0.4, 0.5) is 0 Å². The maximum Gasteiger partial charge on any atom is 0.0641 e. The van der Waals surface area contributed by atoms with Crippen molar-refractivity contribution >= 4 is 11.3 Å². The van der Waals surface area contributed by atoms with E-state index in [1.807, 2.05) is 11.3 Å². The average molecular weight is 239 g/mol. The summed E-state index contributed by atoms with van der Waals surface area (Å²) in [5.41, 5.74) is 0.0544. The van der Waals surface area contributed by atoms with Crippen molar-refractivity contribution in [2.24, 2.45) is 0 Å². The van der Waals surface area contributed by atoms with Gasteiger partial charge in [-0.15, -0.1) is 11.3 Å². The van der Waals surface area contributed by atoms with Gasteiger partial charge < -0.3 is 10.1 Å². The van der Waals surface area contributed by atoms with Crippen LogP contribution in [0, 0.1) is 0 Å². The average Bonchev–Trinajstić information content (AvgIpc) is 2.69. The van der Waals surface area contributed by atoms with Gasteiger partial charge in [0, 0.05) is 24.1 Å². The molecule has 1 unspecified atom stereocenters. The Balaban J connectivity index is 1.70. The molecule has 16 heavy (non-hydrogen) atoms. The Morgan fingerprint density at radius 1 is 1.56 bits per heavy atom. The summed E-state index contributed by atoms with van der Waals surface area (Å²) in [5, 5.41) is 5.79. The van der Waals surface area contributed by atoms with Gasteiger partial charge in [-0.1, -0.05) is 6.07 Å². The molecule has 0 radical (unpaired) electrons. The van der Waals surface area contributed by atoms with E-state index < -0.39 is 0 Å². The zero-order valence-corrected chi connectivity index (χ0v) is 11.0. The molecule has 2 nitrogen and oxygen atoms in total. The second-order valence-electron chi connectivity index (χ2n) is 5.08. The summed E-state index contributed by atoms with van der Waals surface area (Å²) in [5.74, 6) is 0. The van der Waals surface area contributed by atoms with E-state index in [9.17, 15) is 0 Å². The van der Waals surface area contributed by atoms with Gasteiger partial charge in [-0.25, -0.2) is 0 Å². The predicted octanol–water partition coefficient (Wildman–Crippen LogP) is 2.84. The van der Waals surface area contributed by atoms with Crippen LogP contribution in [0.1, 0.15) is 31.6 Å². The second-order valence-corrected chi connectivity index (χ2v) is 6.11. The summed E-state index contributed by atoms with van der Waals surface area (Å²) in [4.78, 5) is 1.47. The van der Waals surface area contributed by atoms with Gasteiger partial charge in [0.2, 0.25) is 0 Å². The van der Waals surface area contributed by atoms with Gasteiger partial charge in [0.05, 0.1) is 5.60 Å². The van der Waals surface area contributed by atoms with E-state index in [4.69, 9.17) is 4.74 Å². The van der Waals surface area contributed by atoms with E-state index in [0.29, 0.717) is 6.04 Å². The minimum atomic E-state index is 0.0544. The van der Waals surface area contributed by atoms with Gasteiger partial charge in [-0.05, 0) is 44.6 Å². The largest absolute Gasteiger partial charge is 0.375 e. The molecule has 1 aromatic rings. The molecule has 1 aromatic heterocycles. The summed E-state index contributed by atoms with van der Waals surface area (Å²) < 4.78 is 5.71. The van der Waals surface area contributed by atoms with Crippen molar-refractivity contribution in [3.05, 3.63) is 22.4 Å². The van der Waals surface area contributed by atoms with Crippen LogP contribution in [-0.4, -0.2) is 24.8 Å². The molecule has 1 aliphatic rings. The second kappa shape index (κ2) is 5.30. The molecule has 1 aliphatic heterocycles. The Kier molecular flexibility index (Phi) is 4.00. The van der Waals surface area contributed by atoms with Crippen LogP contribution in [0.15, 0.2) is 17.5 Å². The molecule has 1 atom stereocenters. The molecule has 0 aliphatic carbocycles. The van der Waals surface area contributed by atoms with E-state index in [0.717, 1.165) is 32.4 Å². The number of hydrogen-bond acceptors (Lipinski definition) is 3. The van der Waals surface area contributed by atoms with Crippen molar-refractivity contribution in [2.75, 3.05) is 13.2 Å². The first kappa shape index (κ1) is 12.1. The lowest BCUT2D eigenvalue weighted by Crippen LogP contribution is -2.44. The summed E-state index contributed by atoms with van der Waals surface area (Å²) in [6.07, 6.45) is 3.42. The van der Waals surface area contributed by atoms with Crippen molar-refractivity contribution in [1.29, 1.82) is 0 Å². The van der Waals surface area contributed by atoms with Crippen LogP contribution >= 0.6 is 11.3 Å². The van der Waals surface area contributed by atoms with E-state index in [2.05, 4.69) is 36.7 Å². The first-order valence-electron chi connectivity index (χ1n) is 6.05. The minimum Gasteiger partial charge on any atom is -0.375 e. The zero-order chi connectivity index (χ0) is 11.4. The number of hydrogen-bond donors (Lipinski definition) is 1. The highest BCUT2D eigenvalue weighted by Gasteiger charge is 2.28. The summed E-state index contributed by atoms with van der Waals surface area (Å²) in [6, 6.07) is 4.96. The molecule has 0 aromatic carbocycles. The fourth-order valence-electron chi connectivity index (χ4n) is 2.26. The third-order valence-electron chi connectivity index (χ3n) is 3.08. The molecule has 2 rings (SSSR count). The SMILES string of the molecule is CC1(C)CC(NCCc2cccs2)CCO1. The highest BCUT2D eigenvalue weighted by molar-refractivity contribution is 7.09. The van der Waals surface area contributed by atoms with E-state index in [1.54, 1.807) is 0 Å². The van der Waals surface area contributed by atoms with Crippen molar-refractivity contribution in [1.82, 2.24) is 5.32 Å². The van der Waals surface area contributed by atoms with Gasteiger partial charge >= 0.3 is 0 Å². The van der Waals surface area contributed by atoms with Crippen molar-refractivity contribution in [3.63, 3.8) is 0 Å². The van der Waals surface area contributed by atoms with Crippen molar-refractivity contribution < 1.29 is 4.74 Å². The number of nitrogens with one attached hydrogen (secondary N) is 1. The van der Waals surface area contributed by atoms with E-state index in [1.165, 1.54) is 4.88 Å². The molecule has 1 saturated heterocycles. The zero-order valence-electron chi connectivity index (χ0n) is 10.2. The van der Waals surface area contributed by atoms with Crippen molar-refractivity contribution in [2.45, 2.75) is 44.8 Å². The van der Waals surface area contributed by atoms with Crippen LogP contribution in [0.25, 0.3) is 0 Å². The molecule has 2 heterocycles. The Bertz CT molecular complexity index is 308. The molecule has 3 heteroatoms. The molecular weight excluding hydrogens is 218 g/mol. The molecule has 1 fully saturated rings. The maximum atomic E-state index is 5.71. The van der Waals surface area contributed by atoms with E-state index >= 15 is 0 Å². The molecule has 1 N–H and O–H groups in total. The highest BCUT2D eigenvalue weighted by Crippen LogP contribution is 2.23. The smallest absolute Gasteiger partial charge is 0.0641 e. The molecule has 90 valence electrons. The maximum absolute atomic E-state index is 5.71. The summed E-state index contributed by atoms with van der Waals surface area (Å²) >= 11 is 1.84. The topological polar surface area (TPSA) is 21.3 Å². The molecule has 0 bridgehead atoms. The van der Waals surface area contributed by atoms with Crippen LogP contribution < -0.4 is 5.32 Å². The predicted molar refractivity (Wildman–Crippen MR) is 69.1 cm³/mol. The summed E-state index contributed by atoms with van der Waals surface area (Å²) in [6.45, 7) is 6.34. The number of thiophene rings is 1. The molecule has 0 spiro atoms. The minimum absolute atomic E-state index is 0.0544. The van der Waals surface area contributed by atoms with Gasteiger partial charge in [0.25, 0.3) is 0 Å². The highest BCUT2D eigenvalue weighted by atomic mass is 32.1. The van der Waals surface area contributed by atoms with Crippen molar-refractivity contribution in [3.8, 4) is 0 Å². The Morgan fingerprint density at radius 3 is 3.12 bits per heavy atom. The van der Waals surface area contributed by atoms with Crippen LogP contribution in [0.2, 0.25) is 0 Å². The fourth-order valence-corrected chi connectivity index (χ4v) is 2.97. The molecule has 0 saturated carbocycles. The Morgan fingerprint density at radius 2 is 2.44 bits per heavy atom. The lowest BCUT2D eigenvalue weighted by atomic mass is 9.94. The number of ether oxygens (including phenoxy) is 1. The van der Waals surface area contributed by atoms with Crippen LogP contribution in [0.3, 0.4) is 0 Å². The first-order valence-corrected chi connectivity index (χ1v) is 6.93. The Labute approximate surface area is 102 Å². The van der Waals surface area contributed by atoms with E-state index in [-0.39, 0.29) is 5.60 Å². The third-order valence-corrected chi connectivity index (χ3v) is 4.02. The molecular formula is C13H21NOS. The first-order chi connectivity index (χ1) is 7.66. The van der Waals surface area contributed by atoms with Gasteiger partial charge in [-0.2, -0.15) is 0 Å². The fraction of sp³-hybridized carbons (Fsp3) is 0.692. The van der Waals surface area contributed by atoms with Crippen LogP contribution in [-0.2, 0) is 11.2 Å². The monoisotopic (exact) mass is 239 g/mol. The summed E-state index contributed by atoms with van der Waals surface area (Å²) in [7, 11) is 0. The quantitative estimate of drug-likeness (QED) is 0.872. The molecule has 0 amide bonds. The lowest BCUT2D eigenvalue weighted by Gasteiger charge is -2.36. The standard InChI is InChI=1S/C13H21NOS/c1-13(2)10-11(6-8-15-13)14-7-5-12-4-3-9-16-12/h3-4,9,11,14H,5-8,10H2,1-2H3. The van der Waals surface area contributed by atoms with Gasteiger partial charge in [0.15, 0.2) is 0 Å². The van der Waals surface area contributed by atoms with Crippen LogP contribution in [0.5, 0.6) is 0 Å².